The van der Waals surface area contributed by atoms with Crippen LogP contribution in [0, 0.1) is 12.3 Å². The first-order valence-corrected chi connectivity index (χ1v) is 8.41. The van der Waals surface area contributed by atoms with Gasteiger partial charge in [0.05, 0.1) is 18.6 Å². The van der Waals surface area contributed by atoms with E-state index in [4.69, 9.17) is 4.74 Å². The molecule has 2 aliphatic rings. The van der Waals surface area contributed by atoms with Crippen LogP contribution in [0.2, 0.25) is 0 Å². The molecule has 0 radical (unpaired) electrons. The molecule has 1 amide bonds. The minimum atomic E-state index is -0.195. The normalized spacial score (nSPS) is 25.7. The molecule has 0 aromatic carbocycles. The van der Waals surface area contributed by atoms with Gasteiger partial charge >= 0.3 is 0 Å². The molecule has 0 unspecified atom stereocenters. The lowest BCUT2D eigenvalue weighted by molar-refractivity contribution is -0.146. The summed E-state index contributed by atoms with van der Waals surface area (Å²) in [5.41, 5.74) is -0.195. The number of nitrogens with zero attached hydrogens (tertiary/aromatic N) is 5. The molecule has 2 saturated heterocycles. The van der Waals surface area contributed by atoms with Crippen LogP contribution in [0.4, 0.5) is 0 Å². The highest BCUT2D eigenvalue weighted by molar-refractivity contribution is 5.84. The summed E-state index contributed by atoms with van der Waals surface area (Å²) in [5, 5.41) is 4.31. The van der Waals surface area contributed by atoms with Crippen molar-refractivity contribution >= 4 is 5.91 Å². The van der Waals surface area contributed by atoms with Crippen molar-refractivity contribution in [1.82, 2.24) is 24.6 Å². The first kappa shape index (κ1) is 16.4. The first-order chi connectivity index (χ1) is 11.0. The van der Waals surface area contributed by atoms with Crippen molar-refractivity contribution in [2.75, 3.05) is 39.9 Å². The number of likely N-dealkylation sites (tertiary alicyclic amines) is 2. The van der Waals surface area contributed by atoms with E-state index in [2.05, 4.69) is 15.0 Å². The summed E-state index contributed by atoms with van der Waals surface area (Å²) in [6.07, 6.45) is 3.04. The van der Waals surface area contributed by atoms with Gasteiger partial charge in [0.2, 0.25) is 5.91 Å². The van der Waals surface area contributed by atoms with E-state index >= 15 is 0 Å². The maximum Gasteiger partial charge on any atom is 0.230 e. The number of amides is 1. The number of hydrogen-bond acceptors (Lipinski definition) is 5. The summed E-state index contributed by atoms with van der Waals surface area (Å²) in [5.74, 6) is 2.09. The standard InChI is InChI=1S/C16H27N5O2/c1-13-17-14(19(2)18-13)11-20-8-6-16(12-20)5-4-7-21(15(16)22)9-10-23-3/h4-12H2,1-3H3/t16-/m0/s1. The molecule has 1 spiro atoms. The largest absolute Gasteiger partial charge is 0.383 e. The van der Waals surface area contributed by atoms with Crippen molar-refractivity contribution in [2.45, 2.75) is 32.7 Å². The molecule has 2 aliphatic heterocycles. The summed E-state index contributed by atoms with van der Waals surface area (Å²) < 4.78 is 6.98. The fraction of sp³-hybridized carbons (Fsp3) is 0.812. The molecule has 2 fully saturated rings. The Labute approximate surface area is 137 Å². The summed E-state index contributed by atoms with van der Waals surface area (Å²) in [6.45, 7) is 6.66. The minimum absolute atomic E-state index is 0.195. The predicted octanol–water partition coefficient (Wildman–Crippen LogP) is 0.584. The summed E-state index contributed by atoms with van der Waals surface area (Å²) >= 11 is 0. The van der Waals surface area contributed by atoms with Gasteiger partial charge in [0.1, 0.15) is 11.6 Å². The molecule has 0 saturated carbocycles. The lowest BCUT2D eigenvalue weighted by Gasteiger charge is -2.39. The molecular formula is C16H27N5O2. The van der Waals surface area contributed by atoms with E-state index in [1.807, 2.05) is 23.6 Å². The number of aryl methyl sites for hydroxylation is 2. The molecule has 0 N–H and O–H groups in total. The van der Waals surface area contributed by atoms with E-state index in [1.54, 1.807) is 7.11 Å². The Kier molecular flexibility index (Phi) is 4.68. The van der Waals surface area contributed by atoms with Crippen LogP contribution in [0.5, 0.6) is 0 Å². The van der Waals surface area contributed by atoms with Crippen LogP contribution in [0.3, 0.4) is 0 Å². The van der Waals surface area contributed by atoms with Gasteiger partial charge in [0.15, 0.2) is 0 Å². The fourth-order valence-electron chi connectivity index (χ4n) is 3.93. The molecule has 0 aliphatic carbocycles. The third-order valence-electron chi connectivity index (χ3n) is 5.15. The maximum atomic E-state index is 12.9. The van der Waals surface area contributed by atoms with Crippen molar-refractivity contribution < 1.29 is 9.53 Å². The van der Waals surface area contributed by atoms with Crippen LogP contribution in [0.1, 0.15) is 30.9 Å². The van der Waals surface area contributed by atoms with Crippen molar-refractivity contribution in [3.05, 3.63) is 11.6 Å². The highest BCUT2D eigenvalue weighted by atomic mass is 16.5. The predicted molar refractivity (Wildman–Crippen MR) is 85.8 cm³/mol. The number of aromatic nitrogens is 3. The average Bonchev–Trinajstić information content (AvgIpc) is 3.06. The second-order valence-corrected chi connectivity index (χ2v) is 6.83. The number of hydrogen-bond donors (Lipinski definition) is 0. The summed E-state index contributed by atoms with van der Waals surface area (Å²) in [7, 11) is 3.61. The highest BCUT2D eigenvalue weighted by Gasteiger charge is 2.48. The van der Waals surface area contributed by atoms with E-state index in [-0.39, 0.29) is 5.41 Å². The second-order valence-electron chi connectivity index (χ2n) is 6.83. The maximum absolute atomic E-state index is 12.9. The molecule has 1 atom stereocenters. The van der Waals surface area contributed by atoms with Crippen molar-refractivity contribution in [2.24, 2.45) is 12.5 Å². The van der Waals surface area contributed by atoms with Crippen LogP contribution in [0.15, 0.2) is 0 Å². The Morgan fingerprint density at radius 3 is 2.83 bits per heavy atom. The van der Waals surface area contributed by atoms with Crippen LogP contribution in [-0.4, -0.2) is 70.4 Å². The number of rotatable bonds is 5. The zero-order chi connectivity index (χ0) is 16.4. The van der Waals surface area contributed by atoms with E-state index in [9.17, 15) is 4.79 Å². The van der Waals surface area contributed by atoms with Gasteiger partial charge in [-0.2, -0.15) is 5.10 Å². The average molecular weight is 321 g/mol. The number of methoxy groups -OCH3 is 1. The molecule has 1 aromatic rings. The first-order valence-electron chi connectivity index (χ1n) is 8.41. The van der Waals surface area contributed by atoms with Gasteiger partial charge in [-0.25, -0.2) is 4.98 Å². The van der Waals surface area contributed by atoms with Gasteiger partial charge in [0, 0.05) is 33.8 Å². The van der Waals surface area contributed by atoms with Crippen molar-refractivity contribution in [3.8, 4) is 0 Å². The van der Waals surface area contributed by atoms with Crippen LogP contribution >= 0.6 is 0 Å². The van der Waals surface area contributed by atoms with Crippen molar-refractivity contribution in [3.63, 3.8) is 0 Å². The van der Waals surface area contributed by atoms with Gasteiger partial charge in [0.25, 0.3) is 0 Å². The Morgan fingerprint density at radius 1 is 1.30 bits per heavy atom. The SMILES string of the molecule is COCCN1CCC[C@@]2(CCN(Cc3nc(C)nn3C)C2)C1=O. The molecule has 3 heterocycles. The van der Waals surface area contributed by atoms with Crippen LogP contribution in [0.25, 0.3) is 0 Å². The van der Waals surface area contributed by atoms with Crippen molar-refractivity contribution in [1.29, 1.82) is 0 Å². The smallest absolute Gasteiger partial charge is 0.230 e. The minimum Gasteiger partial charge on any atom is -0.383 e. The monoisotopic (exact) mass is 321 g/mol. The molecule has 0 bridgehead atoms. The van der Waals surface area contributed by atoms with Gasteiger partial charge in [-0.15, -0.1) is 0 Å². The Balaban J connectivity index is 1.65. The quantitative estimate of drug-likeness (QED) is 0.794. The lowest BCUT2D eigenvalue weighted by Crippen LogP contribution is -2.50. The number of carbonyl (C=O) groups excluding carboxylic acids is 1. The lowest BCUT2D eigenvalue weighted by atomic mass is 9.78. The van der Waals surface area contributed by atoms with Gasteiger partial charge in [-0.1, -0.05) is 0 Å². The number of piperidine rings is 1. The third-order valence-corrected chi connectivity index (χ3v) is 5.15. The molecule has 7 heteroatoms. The zero-order valence-corrected chi connectivity index (χ0v) is 14.4. The third kappa shape index (κ3) is 3.26. The van der Waals surface area contributed by atoms with Gasteiger partial charge < -0.3 is 9.64 Å². The van der Waals surface area contributed by atoms with Crippen LogP contribution < -0.4 is 0 Å². The van der Waals surface area contributed by atoms with Gasteiger partial charge in [-0.3, -0.25) is 14.4 Å². The molecule has 23 heavy (non-hydrogen) atoms. The van der Waals surface area contributed by atoms with E-state index in [0.717, 1.165) is 57.1 Å². The van der Waals surface area contributed by atoms with Gasteiger partial charge in [-0.05, 0) is 32.7 Å². The molecule has 128 valence electrons. The molecule has 3 rings (SSSR count). The zero-order valence-electron chi connectivity index (χ0n) is 14.4. The Morgan fingerprint density at radius 2 is 2.13 bits per heavy atom. The topological polar surface area (TPSA) is 63.5 Å². The fourth-order valence-corrected chi connectivity index (χ4v) is 3.93. The van der Waals surface area contributed by atoms with E-state index < -0.39 is 0 Å². The highest BCUT2D eigenvalue weighted by Crippen LogP contribution is 2.40. The Hall–Kier alpha value is -1.47. The second kappa shape index (κ2) is 6.57. The van der Waals surface area contributed by atoms with E-state index in [0.29, 0.717) is 19.1 Å². The molecule has 7 nitrogen and oxygen atoms in total. The van der Waals surface area contributed by atoms with Crippen LogP contribution in [-0.2, 0) is 23.1 Å². The Bertz CT molecular complexity index is 573. The molecule has 1 aromatic heterocycles. The molecular weight excluding hydrogens is 294 g/mol. The van der Waals surface area contributed by atoms with E-state index in [1.165, 1.54) is 0 Å². The number of ether oxygens (including phenoxy) is 1. The summed E-state index contributed by atoms with van der Waals surface area (Å²) in [6, 6.07) is 0. The number of carbonyl (C=O) groups is 1. The summed E-state index contributed by atoms with van der Waals surface area (Å²) in [4.78, 5) is 21.8.